The zero-order valence-corrected chi connectivity index (χ0v) is 11.2. The third-order valence-electron chi connectivity index (χ3n) is 2.25. The third-order valence-corrected chi connectivity index (χ3v) is 2.56. The highest BCUT2D eigenvalue weighted by Gasteiger charge is 2.17. The van der Waals surface area contributed by atoms with Crippen LogP contribution in [0.3, 0.4) is 0 Å². The molecule has 1 rings (SSSR count). The highest BCUT2D eigenvalue weighted by atomic mass is 35.5. The lowest BCUT2D eigenvalue weighted by Crippen LogP contribution is -2.44. The Labute approximate surface area is 116 Å². The fraction of sp³-hybridized carbons (Fsp3) is 0.231. The minimum Gasteiger partial charge on any atom is -0.478 e. The molecule has 0 spiro atoms. The van der Waals surface area contributed by atoms with Crippen LogP contribution >= 0.6 is 11.6 Å². The molecule has 0 bridgehead atoms. The molecule has 0 aromatic heterocycles. The number of rotatable bonds is 3. The number of anilines is 1. The van der Waals surface area contributed by atoms with E-state index < -0.39 is 17.5 Å². The van der Waals surface area contributed by atoms with Crippen LogP contribution in [0, 0.1) is 12.3 Å². The molecule has 0 saturated heterocycles. The first-order valence-electron chi connectivity index (χ1n) is 5.35. The predicted octanol–water partition coefficient (Wildman–Crippen LogP) is 2.57. The van der Waals surface area contributed by atoms with Gasteiger partial charge in [-0.15, -0.1) is 6.42 Å². The van der Waals surface area contributed by atoms with Crippen molar-refractivity contribution in [2.75, 3.05) is 5.32 Å². The molecule has 2 amide bonds. The van der Waals surface area contributed by atoms with Crippen molar-refractivity contribution in [2.24, 2.45) is 0 Å². The Kier molecular flexibility index (Phi) is 4.41. The number of amides is 2. The molecule has 0 aliphatic heterocycles. The van der Waals surface area contributed by atoms with Crippen molar-refractivity contribution in [2.45, 2.75) is 19.4 Å². The van der Waals surface area contributed by atoms with Crippen LogP contribution in [0.2, 0.25) is 5.02 Å². The quantitative estimate of drug-likeness (QED) is 0.745. The van der Waals surface area contributed by atoms with E-state index in [1.165, 1.54) is 18.2 Å². The molecule has 19 heavy (non-hydrogen) atoms. The predicted molar refractivity (Wildman–Crippen MR) is 73.5 cm³/mol. The Bertz CT molecular complexity index is 561. The molecule has 1 aromatic rings. The Morgan fingerprint density at radius 1 is 1.42 bits per heavy atom. The number of nitrogens with one attached hydrogen (secondary N) is 2. The summed E-state index contributed by atoms with van der Waals surface area (Å²) in [5, 5.41) is 14.0. The summed E-state index contributed by atoms with van der Waals surface area (Å²) in [6.45, 7) is 3.34. The lowest BCUT2D eigenvalue weighted by molar-refractivity contribution is 0.0697. The smallest absolute Gasteiger partial charge is 0.335 e. The second-order valence-electron chi connectivity index (χ2n) is 4.35. The highest BCUT2D eigenvalue weighted by molar-refractivity contribution is 6.34. The average molecular weight is 281 g/mol. The molecule has 0 atom stereocenters. The summed E-state index contributed by atoms with van der Waals surface area (Å²) in [6.07, 6.45) is 5.25. The van der Waals surface area contributed by atoms with Crippen molar-refractivity contribution in [3.8, 4) is 12.3 Å². The van der Waals surface area contributed by atoms with Gasteiger partial charge in [0.2, 0.25) is 0 Å². The number of hydrogen-bond acceptors (Lipinski definition) is 2. The molecule has 0 saturated carbocycles. The minimum absolute atomic E-state index is 0.0416. The Balaban J connectivity index is 2.81. The van der Waals surface area contributed by atoms with E-state index in [1.54, 1.807) is 13.8 Å². The van der Waals surface area contributed by atoms with E-state index in [9.17, 15) is 9.59 Å². The van der Waals surface area contributed by atoms with Crippen LogP contribution in [-0.2, 0) is 0 Å². The van der Waals surface area contributed by atoms with Gasteiger partial charge in [0.05, 0.1) is 21.8 Å². The van der Waals surface area contributed by atoms with E-state index in [2.05, 4.69) is 16.6 Å². The van der Waals surface area contributed by atoms with Crippen molar-refractivity contribution in [1.29, 1.82) is 0 Å². The van der Waals surface area contributed by atoms with E-state index in [1.807, 2.05) is 0 Å². The fourth-order valence-electron chi connectivity index (χ4n) is 1.22. The number of hydrogen-bond donors (Lipinski definition) is 3. The third kappa shape index (κ3) is 4.19. The Morgan fingerprint density at radius 3 is 2.53 bits per heavy atom. The lowest BCUT2D eigenvalue weighted by atomic mass is 10.1. The van der Waals surface area contributed by atoms with Gasteiger partial charge in [-0.1, -0.05) is 17.5 Å². The van der Waals surface area contributed by atoms with E-state index in [-0.39, 0.29) is 10.6 Å². The van der Waals surface area contributed by atoms with E-state index in [4.69, 9.17) is 23.1 Å². The first-order valence-corrected chi connectivity index (χ1v) is 5.73. The van der Waals surface area contributed by atoms with Gasteiger partial charge in [0.1, 0.15) is 0 Å². The van der Waals surface area contributed by atoms with Gasteiger partial charge in [0.25, 0.3) is 0 Å². The highest BCUT2D eigenvalue weighted by Crippen LogP contribution is 2.23. The van der Waals surface area contributed by atoms with Crippen LogP contribution in [0.1, 0.15) is 24.2 Å². The Hall–Kier alpha value is -2.19. The first kappa shape index (κ1) is 14.9. The molecule has 1 aromatic carbocycles. The number of terminal acetylenes is 1. The SMILES string of the molecule is C#CC(C)(C)NC(=O)Nc1ccc(C(=O)O)cc1Cl. The van der Waals surface area contributed by atoms with Gasteiger partial charge < -0.3 is 15.7 Å². The second-order valence-corrected chi connectivity index (χ2v) is 4.76. The molecule has 3 N–H and O–H groups in total. The van der Waals surface area contributed by atoms with E-state index >= 15 is 0 Å². The van der Waals surface area contributed by atoms with Gasteiger partial charge in [-0.2, -0.15) is 0 Å². The topological polar surface area (TPSA) is 78.4 Å². The summed E-state index contributed by atoms with van der Waals surface area (Å²) in [4.78, 5) is 22.4. The molecule has 6 heteroatoms. The molecule has 0 unspecified atom stereocenters. The maximum absolute atomic E-state index is 11.7. The van der Waals surface area contributed by atoms with E-state index in [0.717, 1.165) is 0 Å². The summed E-state index contributed by atoms with van der Waals surface area (Å²) < 4.78 is 0. The zero-order valence-electron chi connectivity index (χ0n) is 10.5. The van der Waals surface area contributed by atoms with Crippen LogP contribution < -0.4 is 10.6 Å². The average Bonchev–Trinajstić information content (AvgIpc) is 2.30. The van der Waals surface area contributed by atoms with E-state index in [0.29, 0.717) is 5.69 Å². The van der Waals surface area contributed by atoms with Gasteiger partial charge in [-0.3, -0.25) is 0 Å². The second kappa shape index (κ2) is 5.63. The van der Waals surface area contributed by atoms with Gasteiger partial charge in [-0.05, 0) is 32.0 Å². The van der Waals surface area contributed by atoms with Crippen LogP contribution in [0.4, 0.5) is 10.5 Å². The number of carboxylic acid groups (broad SMARTS) is 1. The minimum atomic E-state index is -1.09. The molecule has 0 aliphatic carbocycles. The van der Waals surface area contributed by atoms with Crippen LogP contribution in [0.15, 0.2) is 18.2 Å². The number of carboxylic acids is 1. The molecule has 0 heterocycles. The van der Waals surface area contributed by atoms with Gasteiger partial charge in [-0.25, -0.2) is 9.59 Å². The zero-order chi connectivity index (χ0) is 14.6. The number of halogens is 1. The van der Waals surface area contributed by atoms with Crippen molar-refractivity contribution in [1.82, 2.24) is 5.32 Å². The summed E-state index contributed by atoms with van der Waals surface area (Å²) in [5.74, 6) is 1.32. The van der Waals surface area contributed by atoms with Gasteiger partial charge >= 0.3 is 12.0 Å². The number of aromatic carboxylic acids is 1. The number of carbonyl (C=O) groups excluding carboxylic acids is 1. The van der Waals surface area contributed by atoms with Crippen molar-refractivity contribution in [3.63, 3.8) is 0 Å². The number of urea groups is 1. The molecular formula is C13H13ClN2O3. The molecule has 5 nitrogen and oxygen atoms in total. The molecule has 100 valence electrons. The largest absolute Gasteiger partial charge is 0.478 e. The summed E-state index contributed by atoms with van der Waals surface area (Å²) in [7, 11) is 0. The molecule has 0 radical (unpaired) electrons. The van der Waals surface area contributed by atoms with Crippen LogP contribution in [0.5, 0.6) is 0 Å². The monoisotopic (exact) mass is 280 g/mol. The fourth-order valence-corrected chi connectivity index (χ4v) is 1.45. The summed E-state index contributed by atoms with van der Waals surface area (Å²) in [6, 6.07) is 3.49. The molecule has 0 aliphatic rings. The van der Waals surface area contributed by atoms with Crippen LogP contribution in [0.25, 0.3) is 0 Å². The van der Waals surface area contributed by atoms with Gasteiger partial charge in [0, 0.05) is 0 Å². The lowest BCUT2D eigenvalue weighted by Gasteiger charge is -2.20. The van der Waals surface area contributed by atoms with Crippen molar-refractivity contribution in [3.05, 3.63) is 28.8 Å². The molecular weight excluding hydrogens is 268 g/mol. The maximum atomic E-state index is 11.7. The molecule has 0 fully saturated rings. The maximum Gasteiger partial charge on any atom is 0.335 e. The van der Waals surface area contributed by atoms with Gasteiger partial charge in [0.15, 0.2) is 0 Å². The number of carbonyl (C=O) groups is 2. The standard InChI is InChI=1S/C13H13ClN2O3/c1-4-13(2,3)16-12(19)15-10-6-5-8(11(17)18)7-9(10)14/h1,5-7H,2-3H3,(H,17,18)(H2,15,16,19). The number of benzene rings is 1. The Morgan fingerprint density at radius 2 is 2.05 bits per heavy atom. The van der Waals surface area contributed by atoms with Crippen molar-refractivity contribution >= 4 is 29.3 Å². The van der Waals surface area contributed by atoms with Crippen molar-refractivity contribution < 1.29 is 14.7 Å². The summed E-state index contributed by atoms with van der Waals surface area (Å²) in [5.41, 5.74) is -0.450. The normalized spacial score (nSPS) is 10.4. The van der Waals surface area contributed by atoms with Crippen LogP contribution in [-0.4, -0.2) is 22.6 Å². The first-order chi connectivity index (χ1) is 8.75. The summed E-state index contributed by atoms with van der Waals surface area (Å²) >= 11 is 5.88.